The van der Waals surface area contributed by atoms with E-state index in [1.165, 1.54) is 24.3 Å². The molecule has 0 saturated carbocycles. The number of halogens is 1. The van der Waals surface area contributed by atoms with E-state index in [2.05, 4.69) is 9.97 Å². The van der Waals surface area contributed by atoms with Gasteiger partial charge < -0.3 is 14.4 Å². The number of amides is 1. The number of ether oxygens (including phenoxy) is 2. The maximum atomic E-state index is 12.9. The monoisotopic (exact) mass is 359 g/mol. The molecule has 1 unspecified atom stereocenters. The molecule has 1 aromatic heterocycles. The molecule has 3 rings (SSSR count). The fourth-order valence-corrected chi connectivity index (χ4v) is 2.76. The van der Waals surface area contributed by atoms with Crippen LogP contribution in [0.1, 0.15) is 25.3 Å². The average molecular weight is 359 g/mol. The van der Waals surface area contributed by atoms with Crippen molar-refractivity contribution in [2.24, 2.45) is 0 Å². The molecule has 6 nitrogen and oxygen atoms in total. The van der Waals surface area contributed by atoms with Crippen LogP contribution in [0.4, 0.5) is 4.39 Å². The second-order valence-electron chi connectivity index (χ2n) is 6.19. The Labute approximate surface area is 152 Å². The third-order valence-corrected chi connectivity index (χ3v) is 4.27. The summed E-state index contributed by atoms with van der Waals surface area (Å²) < 4.78 is 24.1. The predicted octanol–water partition coefficient (Wildman–Crippen LogP) is 2.63. The molecule has 0 aliphatic carbocycles. The molecule has 0 spiro atoms. The van der Waals surface area contributed by atoms with E-state index in [1.807, 2.05) is 6.92 Å². The summed E-state index contributed by atoms with van der Waals surface area (Å²) in [7, 11) is 0. The number of rotatable bonds is 6. The summed E-state index contributed by atoms with van der Waals surface area (Å²) in [6, 6.07) is 5.94. The van der Waals surface area contributed by atoms with Crippen molar-refractivity contribution in [2.75, 3.05) is 19.7 Å². The average Bonchev–Trinajstić information content (AvgIpc) is 2.68. The Morgan fingerprint density at radius 2 is 2.00 bits per heavy atom. The van der Waals surface area contributed by atoms with Crippen molar-refractivity contribution in [3.8, 4) is 11.8 Å². The highest BCUT2D eigenvalue weighted by atomic mass is 19.1. The summed E-state index contributed by atoms with van der Waals surface area (Å²) in [5.41, 5.74) is 1.05. The third-order valence-electron chi connectivity index (χ3n) is 4.27. The minimum absolute atomic E-state index is 0.0833. The van der Waals surface area contributed by atoms with Crippen LogP contribution in [0.3, 0.4) is 0 Å². The minimum Gasteiger partial charge on any atom is -0.484 e. The molecule has 26 heavy (non-hydrogen) atoms. The zero-order chi connectivity index (χ0) is 18.4. The normalized spacial score (nSPS) is 17.0. The molecule has 1 saturated heterocycles. The fourth-order valence-electron chi connectivity index (χ4n) is 2.76. The smallest absolute Gasteiger partial charge is 0.316 e. The van der Waals surface area contributed by atoms with Gasteiger partial charge in [0.15, 0.2) is 6.61 Å². The number of carbonyl (C=O) groups is 1. The zero-order valence-electron chi connectivity index (χ0n) is 14.7. The number of carbonyl (C=O) groups excluding carboxylic acids is 1. The van der Waals surface area contributed by atoms with Crippen molar-refractivity contribution in [3.05, 3.63) is 48.0 Å². The maximum Gasteiger partial charge on any atom is 0.316 e. The van der Waals surface area contributed by atoms with E-state index in [0.717, 1.165) is 24.8 Å². The number of nitrogens with zero attached hydrogens (tertiary/aromatic N) is 3. The van der Waals surface area contributed by atoms with Gasteiger partial charge in [-0.25, -0.2) is 14.4 Å². The van der Waals surface area contributed by atoms with Crippen molar-refractivity contribution in [1.29, 1.82) is 0 Å². The third kappa shape index (κ3) is 4.91. The first-order valence-corrected chi connectivity index (χ1v) is 8.77. The van der Waals surface area contributed by atoms with Gasteiger partial charge in [-0.15, -0.1) is 0 Å². The molecule has 7 heteroatoms. The zero-order valence-corrected chi connectivity index (χ0v) is 14.7. The minimum atomic E-state index is -0.339. The van der Waals surface area contributed by atoms with Gasteiger partial charge in [-0.3, -0.25) is 4.79 Å². The van der Waals surface area contributed by atoms with Crippen molar-refractivity contribution in [3.63, 3.8) is 0 Å². The SMILES string of the molecule is CCc1cnc(OC2CCCN(C(=O)COc3ccc(F)cc3)C2)nc1. The largest absolute Gasteiger partial charge is 0.484 e. The van der Waals surface area contributed by atoms with Crippen molar-refractivity contribution in [2.45, 2.75) is 32.3 Å². The van der Waals surface area contributed by atoms with Crippen LogP contribution in [0.5, 0.6) is 11.8 Å². The van der Waals surface area contributed by atoms with E-state index in [1.54, 1.807) is 17.3 Å². The molecular formula is C19H22FN3O3. The van der Waals surface area contributed by atoms with Gasteiger partial charge in [0.25, 0.3) is 5.91 Å². The molecule has 138 valence electrons. The van der Waals surface area contributed by atoms with Gasteiger partial charge in [0.1, 0.15) is 17.7 Å². The highest BCUT2D eigenvalue weighted by Gasteiger charge is 2.25. The highest BCUT2D eigenvalue weighted by Crippen LogP contribution is 2.16. The lowest BCUT2D eigenvalue weighted by molar-refractivity contribution is -0.136. The van der Waals surface area contributed by atoms with E-state index >= 15 is 0 Å². The molecule has 1 atom stereocenters. The lowest BCUT2D eigenvalue weighted by atomic mass is 10.1. The molecule has 1 amide bonds. The molecule has 2 aromatic rings. The molecule has 2 heterocycles. The molecule has 0 bridgehead atoms. The molecule has 1 fully saturated rings. The molecule has 0 radical (unpaired) electrons. The lowest BCUT2D eigenvalue weighted by Crippen LogP contribution is -2.46. The Morgan fingerprint density at radius 1 is 1.27 bits per heavy atom. The molecule has 0 N–H and O–H groups in total. The Balaban J connectivity index is 1.50. The molecule has 1 aromatic carbocycles. The molecule has 1 aliphatic rings. The van der Waals surface area contributed by atoms with Gasteiger partial charge in [-0.2, -0.15) is 0 Å². The van der Waals surface area contributed by atoms with Gasteiger partial charge in [0.05, 0.1) is 6.54 Å². The Kier molecular flexibility index (Phi) is 5.99. The van der Waals surface area contributed by atoms with Gasteiger partial charge in [0.2, 0.25) is 0 Å². The first kappa shape index (κ1) is 18.1. The Hall–Kier alpha value is -2.70. The second kappa shape index (κ2) is 8.60. The van der Waals surface area contributed by atoms with Crippen LogP contribution in [0, 0.1) is 5.82 Å². The van der Waals surface area contributed by atoms with Crippen LogP contribution in [-0.2, 0) is 11.2 Å². The van der Waals surface area contributed by atoms with Crippen molar-refractivity contribution >= 4 is 5.91 Å². The van der Waals surface area contributed by atoms with E-state index in [4.69, 9.17) is 9.47 Å². The number of hydrogen-bond acceptors (Lipinski definition) is 5. The lowest BCUT2D eigenvalue weighted by Gasteiger charge is -2.32. The van der Waals surface area contributed by atoms with Crippen LogP contribution >= 0.6 is 0 Å². The highest BCUT2D eigenvalue weighted by molar-refractivity contribution is 5.77. The summed E-state index contributed by atoms with van der Waals surface area (Å²) in [5, 5.41) is 0. The first-order valence-electron chi connectivity index (χ1n) is 8.77. The number of benzene rings is 1. The van der Waals surface area contributed by atoms with Crippen LogP contribution in [0.2, 0.25) is 0 Å². The fraction of sp³-hybridized carbons (Fsp3) is 0.421. The van der Waals surface area contributed by atoms with E-state index in [-0.39, 0.29) is 24.4 Å². The van der Waals surface area contributed by atoms with Gasteiger partial charge in [-0.05, 0) is 49.1 Å². The van der Waals surface area contributed by atoms with Crippen LogP contribution in [0.15, 0.2) is 36.7 Å². The summed E-state index contributed by atoms with van der Waals surface area (Å²) >= 11 is 0. The predicted molar refractivity (Wildman–Crippen MR) is 93.5 cm³/mol. The van der Waals surface area contributed by atoms with Crippen LogP contribution in [0.25, 0.3) is 0 Å². The topological polar surface area (TPSA) is 64.5 Å². The van der Waals surface area contributed by atoms with E-state index in [9.17, 15) is 9.18 Å². The van der Waals surface area contributed by atoms with Crippen LogP contribution < -0.4 is 9.47 Å². The first-order chi connectivity index (χ1) is 12.6. The summed E-state index contributed by atoms with van der Waals surface area (Å²) in [4.78, 5) is 22.5. The van der Waals surface area contributed by atoms with E-state index in [0.29, 0.717) is 24.8 Å². The second-order valence-corrected chi connectivity index (χ2v) is 6.19. The van der Waals surface area contributed by atoms with E-state index < -0.39 is 0 Å². The Bertz CT molecular complexity index is 722. The standard InChI is InChI=1S/C19H22FN3O3/c1-2-14-10-21-19(22-11-14)26-17-4-3-9-23(12-17)18(24)13-25-16-7-5-15(20)6-8-16/h5-8,10-11,17H,2-4,9,12-13H2,1H3. The number of hydrogen-bond donors (Lipinski definition) is 0. The van der Waals surface area contributed by atoms with Gasteiger partial charge >= 0.3 is 6.01 Å². The Morgan fingerprint density at radius 3 is 2.69 bits per heavy atom. The number of aromatic nitrogens is 2. The summed E-state index contributed by atoms with van der Waals surface area (Å²) in [5.74, 6) is 0.00716. The van der Waals surface area contributed by atoms with Gasteiger partial charge in [0, 0.05) is 18.9 Å². The van der Waals surface area contributed by atoms with Gasteiger partial charge in [-0.1, -0.05) is 6.92 Å². The van der Waals surface area contributed by atoms with Crippen LogP contribution in [-0.4, -0.2) is 46.6 Å². The quantitative estimate of drug-likeness (QED) is 0.793. The maximum absolute atomic E-state index is 12.9. The number of aryl methyl sites for hydroxylation is 1. The number of piperidine rings is 1. The summed E-state index contributed by atoms with van der Waals surface area (Å²) in [6.45, 7) is 3.10. The molecular weight excluding hydrogens is 337 g/mol. The number of likely N-dealkylation sites (tertiary alicyclic amines) is 1. The van der Waals surface area contributed by atoms with Crippen molar-refractivity contribution < 1.29 is 18.7 Å². The summed E-state index contributed by atoms with van der Waals surface area (Å²) in [6.07, 6.45) is 5.95. The van der Waals surface area contributed by atoms with Crippen molar-refractivity contribution in [1.82, 2.24) is 14.9 Å². The molecule has 1 aliphatic heterocycles.